The number of benzene rings is 1. The lowest BCUT2D eigenvalue weighted by Gasteiger charge is -2.41. The van der Waals surface area contributed by atoms with E-state index in [1.54, 1.807) is 0 Å². The summed E-state index contributed by atoms with van der Waals surface area (Å²) >= 11 is 0. The number of piperidine rings is 1. The van der Waals surface area contributed by atoms with Crippen LogP contribution in [-0.4, -0.2) is 46.3 Å². The van der Waals surface area contributed by atoms with Gasteiger partial charge in [0.05, 0.1) is 5.41 Å². The molecule has 6 heteroatoms. The van der Waals surface area contributed by atoms with Gasteiger partial charge >= 0.3 is 5.97 Å². The van der Waals surface area contributed by atoms with E-state index in [4.69, 9.17) is 9.94 Å². The molecule has 0 radical (unpaired) electrons. The van der Waals surface area contributed by atoms with Crippen LogP contribution in [0, 0.1) is 0 Å². The maximum atomic E-state index is 13.5. The summed E-state index contributed by atoms with van der Waals surface area (Å²) < 4.78 is 0. The van der Waals surface area contributed by atoms with Gasteiger partial charge in [-0.2, -0.15) is 0 Å². The van der Waals surface area contributed by atoms with Gasteiger partial charge in [0.2, 0.25) is 5.91 Å². The van der Waals surface area contributed by atoms with Crippen LogP contribution in [0.1, 0.15) is 50.5 Å². The summed E-state index contributed by atoms with van der Waals surface area (Å²) in [6.07, 6.45) is 5.55. The smallest absolute Gasteiger partial charge is 0.353 e. The molecule has 6 nitrogen and oxygen atoms in total. The van der Waals surface area contributed by atoms with Crippen molar-refractivity contribution >= 4 is 17.6 Å². The second-order valence-electron chi connectivity index (χ2n) is 7.74. The number of oxime groups is 1. The highest BCUT2D eigenvalue weighted by atomic mass is 16.7. The van der Waals surface area contributed by atoms with E-state index in [9.17, 15) is 9.59 Å². The maximum absolute atomic E-state index is 13.5. The number of carboxylic acid groups (broad SMARTS) is 1. The molecular formula is C20H24N2O4. The molecule has 1 N–H and O–H groups in total. The van der Waals surface area contributed by atoms with Crippen molar-refractivity contribution in [2.24, 2.45) is 5.16 Å². The molecule has 1 aromatic rings. The van der Waals surface area contributed by atoms with Gasteiger partial charge in [-0.3, -0.25) is 4.79 Å². The van der Waals surface area contributed by atoms with E-state index in [0.717, 1.165) is 31.2 Å². The van der Waals surface area contributed by atoms with Crippen molar-refractivity contribution in [1.29, 1.82) is 0 Å². The Hall–Kier alpha value is -2.37. The second kappa shape index (κ2) is 6.41. The number of carbonyl (C=O) groups excluding carboxylic acids is 1. The average molecular weight is 356 g/mol. The molecule has 0 bridgehead atoms. The van der Waals surface area contributed by atoms with Gasteiger partial charge in [0.15, 0.2) is 5.71 Å². The molecule has 1 spiro atoms. The zero-order chi connectivity index (χ0) is 18.2. The van der Waals surface area contributed by atoms with E-state index in [1.165, 1.54) is 0 Å². The summed E-state index contributed by atoms with van der Waals surface area (Å²) in [6, 6.07) is 10.1. The van der Waals surface area contributed by atoms with Crippen molar-refractivity contribution in [3.8, 4) is 0 Å². The molecule has 0 aromatic heterocycles. The molecule has 3 aliphatic rings. The van der Waals surface area contributed by atoms with Crippen LogP contribution in [0.3, 0.4) is 0 Å². The summed E-state index contributed by atoms with van der Waals surface area (Å²) in [5.74, 6) is -0.803. The third-order valence-electron chi connectivity index (χ3n) is 6.24. The van der Waals surface area contributed by atoms with Crippen LogP contribution in [0.4, 0.5) is 0 Å². The SMILES string of the molecule is O=C(O)C1=NOC2(CCN(C(=O)C3(c4ccccc4)CCCC3)CC2)C1. The van der Waals surface area contributed by atoms with Gasteiger partial charge < -0.3 is 14.8 Å². The Kier molecular flexibility index (Phi) is 4.21. The molecule has 1 saturated heterocycles. The van der Waals surface area contributed by atoms with Crippen molar-refractivity contribution in [1.82, 2.24) is 4.90 Å². The van der Waals surface area contributed by atoms with Crippen LogP contribution in [-0.2, 0) is 19.8 Å². The third-order valence-corrected chi connectivity index (χ3v) is 6.24. The lowest BCUT2D eigenvalue weighted by molar-refractivity contribution is -0.143. The van der Waals surface area contributed by atoms with Crippen molar-refractivity contribution < 1.29 is 19.5 Å². The second-order valence-corrected chi connectivity index (χ2v) is 7.74. The minimum Gasteiger partial charge on any atom is -0.477 e. The number of carboxylic acids is 1. The van der Waals surface area contributed by atoms with Crippen molar-refractivity contribution in [3.63, 3.8) is 0 Å². The number of rotatable bonds is 3. The maximum Gasteiger partial charge on any atom is 0.353 e. The number of aliphatic carboxylic acids is 1. The Morgan fingerprint density at radius 3 is 2.27 bits per heavy atom. The van der Waals surface area contributed by atoms with Gasteiger partial charge in [0.25, 0.3) is 0 Å². The molecule has 26 heavy (non-hydrogen) atoms. The quantitative estimate of drug-likeness (QED) is 0.903. The predicted octanol–water partition coefficient (Wildman–Crippen LogP) is 2.72. The van der Waals surface area contributed by atoms with Crippen LogP contribution in [0.5, 0.6) is 0 Å². The molecule has 1 aliphatic carbocycles. The molecular weight excluding hydrogens is 332 g/mol. The van der Waals surface area contributed by atoms with E-state index in [-0.39, 0.29) is 11.6 Å². The van der Waals surface area contributed by atoms with Gasteiger partial charge in [0, 0.05) is 32.4 Å². The van der Waals surface area contributed by atoms with E-state index < -0.39 is 17.0 Å². The molecule has 2 aliphatic heterocycles. The molecule has 1 saturated carbocycles. The number of hydrogen-bond donors (Lipinski definition) is 1. The Labute approximate surface area is 152 Å². The average Bonchev–Trinajstić information content (AvgIpc) is 3.31. The molecule has 0 atom stereocenters. The van der Waals surface area contributed by atoms with Crippen LogP contribution in [0.2, 0.25) is 0 Å². The van der Waals surface area contributed by atoms with E-state index in [2.05, 4.69) is 17.3 Å². The highest BCUT2D eigenvalue weighted by molar-refractivity contribution is 6.36. The van der Waals surface area contributed by atoms with Crippen LogP contribution >= 0.6 is 0 Å². The summed E-state index contributed by atoms with van der Waals surface area (Å²) in [7, 11) is 0. The van der Waals surface area contributed by atoms with Gasteiger partial charge in [-0.1, -0.05) is 48.3 Å². The number of likely N-dealkylation sites (tertiary alicyclic amines) is 1. The first kappa shape index (κ1) is 17.1. The van der Waals surface area contributed by atoms with Crippen LogP contribution in [0.15, 0.2) is 35.5 Å². The minimum absolute atomic E-state index is 0.0846. The number of carbonyl (C=O) groups is 2. The summed E-state index contributed by atoms with van der Waals surface area (Å²) in [6.45, 7) is 1.19. The molecule has 4 rings (SSSR count). The molecule has 2 heterocycles. The number of amides is 1. The van der Waals surface area contributed by atoms with Crippen molar-refractivity contribution in [3.05, 3.63) is 35.9 Å². The van der Waals surface area contributed by atoms with E-state index >= 15 is 0 Å². The third kappa shape index (κ3) is 2.77. The normalized spacial score (nSPS) is 23.5. The number of nitrogens with zero attached hydrogens (tertiary/aromatic N) is 2. The Bertz CT molecular complexity index is 729. The summed E-state index contributed by atoms with van der Waals surface area (Å²) in [5, 5.41) is 12.8. The standard InChI is InChI=1S/C20H24N2O4/c23-17(24)16-14-19(26-21-16)10-12-22(13-11-19)18(25)20(8-4-5-9-20)15-6-2-1-3-7-15/h1-3,6-7H,4-5,8-14H2,(H,23,24). The fraction of sp³-hybridized carbons (Fsp3) is 0.550. The molecule has 1 amide bonds. The largest absolute Gasteiger partial charge is 0.477 e. The van der Waals surface area contributed by atoms with Gasteiger partial charge in [-0.25, -0.2) is 4.79 Å². The van der Waals surface area contributed by atoms with Gasteiger partial charge in [-0.15, -0.1) is 0 Å². The molecule has 2 fully saturated rings. The van der Waals surface area contributed by atoms with Crippen molar-refractivity contribution in [2.75, 3.05) is 13.1 Å². The molecule has 1 aromatic carbocycles. The first-order valence-electron chi connectivity index (χ1n) is 9.38. The molecule has 0 unspecified atom stereocenters. The highest BCUT2D eigenvalue weighted by Gasteiger charge is 2.49. The summed E-state index contributed by atoms with van der Waals surface area (Å²) in [5.41, 5.74) is 0.267. The first-order valence-corrected chi connectivity index (χ1v) is 9.38. The Morgan fingerprint density at radius 1 is 1.04 bits per heavy atom. The Balaban J connectivity index is 1.47. The lowest BCUT2D eigenvalue weighted by Crippen LogP contribution is -2.52. The van der Waals surface area contributed by atoms with Crippen LogP contribution in [0.25, 0.3) is 0 Å². The fourth-order valence-electron chi connectivity index (χ4n) is 4.69. The van der Waals surface area contributed by atoms with E-state index in [1.807, 2.05) is 23.1 Å². The highest BCUT2D eigenvalue weighted by Crippen LogP contribution is 2.44. The van der Waals surface area contributed by atoms with Gasteiger partial charge in [0.1, 0.15) is 5.60 Å². The predicted molar refractivity (Wildman–Crippen MR) is 95.9 cm³/mol. The first-order chi connectivity index (χ1) is 12.5. The molecule has 138 valence electrons. The summed E-state index contributed by atoms with van der Waals surface area (Å²) in [4.78, 5) is 32.0. The zero-order valence-electron chi connectivity index (χ0n) is 14.8. The van der Waals surface area contributed by atoms with E-state index in [0.29, 0.717) is 32.4 Å². The topological polar surface area (TPSA) is 79.2 Å². The monoisotopic (exact) mass is 356 g/mol. The minimum atomic E-state index is -1.02. The zero-order valence-corrected chi connectivity index (χ0v) is 14.8. The van der Waals surface area contributed by atoms with Gasteiger partial charge in [-0.05, 0) is 18.4 Å². The Morgan fingerprint density at radius 2 is 1.69 bits per heavy atom. The fourth-order valence-corrected chi connectivity index (χ4v) is 4.69. The van der Waals surface area contributed by atoms with Crippen molar-refractivity contribution in [2.45, 2.75) is 56.0 Å². The van der Waals surface area contributed by atoms with Crippen LogP contribution < -0.4 is 0 Å². The lowest BCUT2D eigenvalue weighted by atomic mass is 9.76. The number of hydrogen-bond acceptors (Lipinski definition) is 4.